The molecule has 0 atom stereocenters. The van der Waals surface area contributed by atoms with Gasteiger partial charge in [-0.15, -0.1) is 22.7 Å². The number of hydrogen-bond donors (Lipinski definition) is 1. The summed E-state index contributed by atoms with van der Waals surface area (Å²) < 4.78 is 0. The lowest BCUT2D eigenvalue weighted by Crippen LogP contribution is -1.86. The number of benzene rings is 2. The van der Waals surface area contributed by atoms with Crippen LogP contribution in [-0.4, -0.2) is 11.4 Å². The van der Waals surface area contributed by atoms with Crippen LogP contribution in [0.2, 0.25) is 0 Å². The van der Waals surface area contributed by atoms with Crippen molar-refractivity contribution in [3.63, 3.8) is 0 Å². The van der Waals surface area contributed by atoms with Crippen molar-refractivity contribution in [3.05, 3.63) is 65.5 Å². The molecule has 0 aliphatic heterocycles. The number of phenols is 1. The lowest BCUT2D eigenvalue weighted by Gasteiger charge is -2.08. The molecule has 0 unspecified atom stereocenters. The van der Waals surface area contributed by atoms with Crippen molar-refractivity contribution in [3.8, 4) is 25.9 Å². The van der Waals surface area contributed by atoms with Gasteiger partial charge in [-0.05, 0) is 46.0 Å². The highest BCUT2D eigenvalue weighted by atomic mass is 32.1. The second kappa shape index (κ2) is 5.65. The van der Waals surface area contributed by atoms with Gasteiger partial charge >= 0.3 is 0 Å². The van der Waals surface area contributed by atoms with Gasteiger partial charge in [-0.1, -0.05) is 30.3 Å². The monoisotopic (exact) mass is 336 g/mol. The van der Waals surface area contributed by atoms with Gasteiger partial charge in [-0.3, -0.25) is 4.79 Å². The highest BCUT2D eigenvalue weighted by molar-refractivity contribution is 7.23. The van der Waals surface area contributed by atoms with Gasteiger partial charge in [-0.25, -0.2) is 0 Å². The van der Waals surface area contributed by atoms with E-state index in [0.29, 0.717) is 11.8 Å². The largest absolute Gasteiger partial charge is 0.507 e. The molecule has 2 aromatic heterocycles. The summed E-state index contributed by atoms with van der Waals surface area (Å²) in [6.45, 7) is 0. The van der Waals surface area contributed by atoms with Gasteiger partial charge in [0.05, 0.1) is 5.56 Å². The number of fused-ring (bicyclic) bond motifs is 1. The number of rotatable bonds is 3. The van der Waals surface area contributed by atoms with Gasteiger partial charge in [0.25, 0.3) is 0 Å². The van der Waals surface area contributed by atoms with E-state index in [1.165, 1.54) is 9.75 Å². The Hall–Kier alpha value is -2.43. The number of carbonyl (C=O) groups excluding carboxylic acids is 1. The van der Waals surface area contributed by atoms with Crippen molar-refractivity contribution in [1.82, 2.24) is 0 Å². The van der Waals surface area contributed by atoms with Crippen LogP contribution >= 0.6 is 22.7 Å². The Bertz CT molecular complexity index is 998. The first-order chi connectivity index (χ1) is 11.3. The van der Waals surface area contributed by atoms with Crippen LogP contribution in [0.3, 0.4) is 0 Å². The Morgan fingerprint density at radius 3 is 2.48 bits per heavy atom. The Labute approximate surface area is 141 Å². The fraction of sp³-hybridized carbons (Fsp3) is 0. The van der Waals surface area contributed by atoms with Crippen molar-refractivity contribution >= 4 is 39.7 Å². The summed E-state index contributed by atoms with van der Waals surface area (Å²) in [7, 11) is 0. The van der Waals surface area contributed by atoms with E-state index in [1.807, 2.05) is 18.2 Å². The molecule has 0 saturated heterocycles. The van der Waals surface area contributed by atoms with Gasteiger partial charge in [0, 0.05) is 14.6 Å². The summed E-state index contributed by atoms with van der Waals surface area (Å²) in [5.41, 5.74) is 1.43. The molecule has 4 aromatic rings. The van der Waals surface area contributed by atoms with Crippen LogP contribution in [0.15, 0.2) is 60.0 Å². The second-order valence-electron chi connectivity index (χ2n) is 5.16. The molecule has 0 bridgehead atoms. The molecule has 1 N–H and O–H groups in total. The predicted octanol–water partition coefficient (Wildman–Crippen LogP) is 5.81. The lowest BCUT2D eigenvalue weighted by molar-refractivity contribution is 0.112. The maximum absolute atomic E-state index is 11.3. The minimum Gasteiger partial charge on any atom is -0.507 e. The summed E-state index contributed by atoms with van der Waals surface area (Å²) in [6, 6.07) is 17.7. The Kier molecular flexibility index (Phi) is 3.48. The summed E-state index contributed by atoms with van der Waals surface area (Å²) in [4.78, 5) is 14.9. The van der Waals surface area contributed by atoms with Gasteiger partial charge < -0.3 is 5.11 Å². The van der Waals surface area contributed by atoms with Crippen LogP contribution in [0, 0.1) is 0 Å². The van der Waals surface area contributed by atoms with E-state index in [2.05, 4.69) is 35.7 Å². The highest BCUT2D eigenvalue weighted by Crippen LogP contribution is 2.40. The van der Waals surface area contributed by atoms with Gasteiger partial charge in [0.2, 0.25) is 0 Å². The summed E-state index contributed by atoms with van der Waals surface area (Å²) >= 11 is 3.46. The molecule has 112 valence electrons. The number of aldehydes is 1. The van der Waals surface area contributed by atoms with Crippen LogP contribution in [0.5, 0.6) is 5.75 Å². The maximum Gasteiger partial charge on any atom is 0.154 e. The van der Waals surface area contributed by atoms with E-state index >= 15 is 0 Å². The molecule has 23 heavy (non-hydrogen) atoms. The molecule has 2 aromatic carbocycles. The van der Waals surface area contributed by atoms with E-state index in [9.17, 15) is 9.90 Å². The minimum absolute atomic E-state index is 0.0232. The predicted molar refractivity (Wildman–Crippen MR) is 97.6 cm³/mol. The smallest absolute Gasteiger partial charge is 0.154 e. The Morgan fingerprint density at radius 1 is 0.826 bits per heavy atom. The molecule has 0 radical (unpaired) electrons. The van der Waals surface area contributed by atoms with Crippen LogP contribution < -0.4 is 0 Å². The minimum atomic E-state index is 0.0232. The lowest BCUT2D eigenvalue weighted by atomic mass is 9.99. The normalized spacial score (nSPS) is 11.0. The molecule has 2 nitrogen and oxygen atoms in total. The zero-order valence-corrected chi connectivity index (χ0v) is 13.7. The third-order valence-corrected chi connectivity index (χ3v) is 6.02. The SMILES string of the molecule is O=Cc1c(O)ccc2c(-c3ccc(-c4cccs4)s3)cccc12. The van der Waals surface area contributed by atoms with E-state index < -0.39 is 0 Å². The molecule has 0 aliphatic carbocycles. The third-order valence-electron chi connectivity index (χ3n) is 3.83. The molecule has 0 spiro atoms. The fourth-order valence-corrected chi connectivity index (χ4v) is 4.62. The quantitative estimate of drug-likeness (QED) is 0.479. The van der Waals surface area contributed by atoms with Crippen molar-refractivity contribution in [1.29, 1.82) is 0 Å². The number of aromatic hydroxyl groups is 1. The first-order valence-electron chi connectivity index (χ1n) is 7.12. The number of hydrogen-bond acceptors (Lipinski definition) is 4. The molecule has 2 heterocycles. The van der Waals surface area contributed by atoms with E-state index in [4.69, 9.17) is 0 Å². The molecular formula is C19H12O2S2. The highest BCUT2D eigenvalue weighted by Gasteiger charge is 2.12. The number of phenolic OH excluding ortho intramolecular Hbond substituents is 1. The molecule has 0 amide bonds. The van der Waals surface area contributed by atoms with Crippen molar-refractivity contribution in [2.45, 2.75) is 0 Å². The molecule has 0 saturated carbocycles. The van der Waals surface area contributed by atoms with Crippen molar-refractivity contribution < 1.29 is 9.90 Å². The van der Waals surface area contributed by atoms with Crippen LogP contribution in [0.25, 0.3) is 31.0 Å². The van der Waals surface area contributed by atoms with Crippen LogP contribution in [0.1, 0.15) is 10.4 Å². The summed E-state index contributed by atoms with van der Waals surface area (Å²) in [6.07, 6.45) is 0.715. The van der Waals surface area contributed by atoms with E-state index in [0.717, 1.165) is 21.2 Å². The van der Waals surface area contributed by atoms with Crippen molar-refractivity contribution in [2.24, 2.45) is 0 Å². The standard InChI is InChI=1S/C19H12O2S2/c20-11-15-12-3-1-4-14(13(12)6-7-16(15)21)17-8-9-19(23-17)18-5-2-10-22-18/h1-11,21H. The summed E-state index contributed by atoms with van der Waals surface area (Å²) in [5.74, 6) is 0.0232. The van der Waals surface area contributed by atoms with Gasteiger partial charge in [0.15, 0.2) is 6.29 Å². The maximum atomic E-state index is 11.3. The second-order valence-corrected chi connectivity index (χ2v) is 7.19. The molecule has 0 fully saturated rings. The topological polar surface area (TPSA) is 37.3 Å². The molecule has 0 aliphatic rings. The third kappa shape index (κ3) is 2.36. The summed E-state index contributed by atoms with van der Waals surface area (Å²) in [5, 5.41) is 13.7. The average molecular weight is 336 g/mol. The fourth-order valence-electron chi connectivity index (χ4n) is 2.74. The Balaban J connectivity index is 1.91. The Morgan fingerprint density at radius 2 is 1.70 bits per heavy atom. The van der Waals surface area contributed by atoms with Gasteiger partial charge in [-0.2, -0.15) is 0 Å². The van der Waals surface area contributed by atoms with Crippen LogP contribution in [-0.2, 0) is 0 Å². The number of thiophene rings is 2. The number of carbonyl (C=O) groups is 1. The van der Waals surface area contributed by atoms with E-state index in [1.54, 1.807) is 28.7 Å². The molecular weight excluding hydrogens is 324 g/mol. The zero-order valence-electron chi connectivity index (χ0n) is 12.0. The molecule has 4 rings (SSSR count). The molecule has 4 heteroatoms. The van der Waals surface area contributed by atoms with Gasteiger partial charge in [0.1, 0.15) is 5.75 Å². The van der Waals surface area contributed by atoms with Crippen LogP contribution in [0.4, 0.5) is 0 Å². The van der Waals surface area contributed by atoms with E-state index in [-0.39, 0.29) is 5.75 Å². The zero-order chi connectivity index (χ0) is 15.8. The first-order valence-corrected chi connectivity index (χ1v) is 8.81. The average Bonchev–Trinajstić information content (AvgIpc) is 3.25. The first kappa shape index (κ1) is 14.2. The van der Waals surface area contributed by atoms with Crippen molar-refractivity contribution in [2.75, 3.05) is 0 Å².